The van der Waals surface area contributed by atoms with Crippen LogP contribution in [-0.4, -0.2) is 46.1 Å². The van der Waals surface area contributed by atoms with Crippen molar-refractivity contribution in [3.63, 3.8) is 0 Å². The van der Waals surface area contributed by atoms with E-state index in [0.717, 1.165) is 16.1 Å². The topological polar surface area (TPSA) is 83.9 Å². The highest BCUT2D eigenvalue weighted by Gasteiger charge is 2.48. The maximum atomic E-state index is 12.7. The number of aromatic nitrogens is 1. The van der Waals surface area contributed by atoms with E-state index in [4.69, 9.17) is 4.84 Å². The number of oxime groups is 1. The first-order chi connectivity index (χ1) is 13.0. The lowest BCUT2D eigenvalue weighted by atomic mass is 9.96. The molecule has 1 N–H and O–H groups in total. The summed E-state index contributed by atoms with van der Waals surface area (Å²) in [6, 6.07) is 5.51. The molecule has 2 aromatic heterocycles. The fraction of sp³-hybridized carbons (Fsp3) is 0.368. The average Bonchev–Trinajstić information content (AvgIpc) is 3.38. The highest BCUT2D eigenvalue weighted by molar-refractivity contribution is 7.12. The zero-order chi connectivity index (χ0) is 19.0. The van der Waals surface area contributed by atoms with E-state index in [0.29, 0.717) is 37.3 Å². The zero-order valence-corrected chi connectivity index (χ0v) is 16.0. The number of thiophene rings is 1. The number of nitrogens with zero attached hydrogens (tertiary/aromatic N) is 3. The van der Waals surface area contributed by atoms with E-state index in [1.165, 1.54) is 11.3 Å². The normalized spacial score (nSPS) is 21.3. The predicted molar refractivity (Wildman–Crippen MR) is 103 cm³/mol. The van der Waals surface area contributed by atoms with Crippen molar-refractivity contribution in [3.8, 4) is 0 Å². The van der Waals surface area contributed by atoms with Crippen molar-refractivity contribution in [2.24, 2.45) is 5.16 Å². The van der Waals surface area contributed by atoms with E-state index in [2.05, 4.69) is 15.5 Å². The van der Waals surface area contributed by atoms with Crippen LogP contribution in [0, 0.1) is 13.8 Å². The molecule has 4 heterocycles. The number of carbonyl (C=O) groups excluding carboxylic acids is 2. The standard InChI is InChI=1S/C19H20N4O3S/c1-12-5-9-27-16(12)18(25)23-8-6-19(11-23)10-15(22-26-19)17(24)21-14-4-3-7-20-13(14)2/h3-5,7,9H,6,8,10-11H2,1-2H3,(H,21,24)/t19-/m1/s1. The molecule has 2 aromatic rings. The van der Waals surface area contributed by atoms with Gasteiger partial charge in [-0.15, -0.1) is 11.3 Å². The number of likely N-dealkylation sites (tertiary alicyclic amines) is 1. The van der Waals surface area contributed by atoms with E-state index in [9.17, 15) is 9.59 Å². The van der Waals surface area contributed by atoms with Crippen molar-refractivity contribution >= 4 is 34.6 Å². The molecular formula is C19H20N4O3S. The Morgan fingerprint density at radius 2 is 2.19 bits per heavy atom. The largest absolute Gasteiger partial charge is 0.386 e. The quantitative estimate of drug-likeness (QED) is 0.882. The van der Waals surface area contributed by atoms with Gasteiger partial charge in [-0.05, 0) is 43.0 Å². The molecule has 1 fully saturated rings. The van der Waals surface area contributed by atoms with Gasteiger partial charge in [0, 0.05) is 25.6 Å². The highest BCUT2D eigenvalue weighted by atomic mass is 32.1. The fourth-order valence-corrected chi connectivity index (χ4v) is 4.32. The van der Waals surface area contributed by atoms with Crippen molar-refractivity contribution in [2.75, 3.05) is 18.4 Å². The maximum Gasteiger partial charge on any atom is 0.273 e. The van der Waals surface area contributed by atoms with Gasteiger partial charge in [0.05, 0.1) is 22.8 Å². The molecule has 0 saturated carbocycles. The van der Waals surface area contributed by atoms with Crippen LogP contribution in [0.15, 0.2) is 34.9 Å². The van der Waals surface area contributed by atoms with Gasteiger partial charge in [0.2, 0.25) is 0 Å². The maximum absolute atomic E-state index is 12.7. The van der Waals surface area contributed by atoms with Crippen LogP contribution in [0.5, 0.6) is 0 Å². The van der Waals surface area contributed by atoms with Gasteiger partial charge < -0.3 is 15.1 Å². The van der Waals surface area contributed by atoms with Crippen molar-refractivity contribution in [3.05, 3.63) is 45.9 Å². The summed E-state index contributed by atoms with van der Waals surface area (Å²) in [7, 11) is 0. The minimum Gasteiger partial charge on any atom is -0.386 e. The Bertz CT molecular complexity index is 939. The van der Waals surface area contributed by atoms with Gasteiger partial charge in [0.15, 0.2) is 5.60 Å². The number of amides is 2. The van der Waals surface area contributed by atoms with Gasteiger partial charge in [-0.1, -0.05) is 5.16 Å². The van der Waals surface area contributed by atoms with E-state index in [1.807, 2.05) is 25.3 Å². The number of hydrogen-bond acceptors (Lipinski definition) is 6. The molecule has 0 aliphatic carbocycles. The number of anilines is 1. The summed E-state index contributed by atoms with van der Waals surface area (Å²) in [5.41, 5.74) is 2.13. The molecule has 2 amide bonds. The lowest BCUT2D eigenvalue weighted by molar-refractivity contribution is -0.110. The monoisotopic (exact) mass is 384 g/mol. The Hall–Kier alpha value is -2.74. The van der Waals surface area contributed by atoms with Gasteiger partial charge >= 0.3 is 0 Å². The summed E-state index contributed by atoms with van der Waals surface area (Å²) >= 11 is 1.45. The summed E-state index contributed by atoms with van der Waals surface area (Å²) in [4.78, 5) is 37.6. The molecule has 1 atom stereocenters. The van der Waals surface area contributed by atoms with Crippen LogP contribution in [0.1, 0.15) is 33.8 Å². The Balaban J connectivity index is 1.40. The Kier molecular flexibility index (Phi) is 4.43. The second-order valence-electron chi connectivity index (χ2n) is 6.99. The second-order valence-corrected chi connectivity index (χ2v) is 7.91. The van der Waals surface area contributed by atoms with E-state index in [1.54, 1.807) is 23.2 Å². The van der Waals surface area contributed by atoms with Gasteiger partial charge in [-0.3, -0.25) is 14.6 Å². The lowest BCUT2D eigenvalue weighted by Gasteiger charge is -2.21. The first kappa shape index (κ1) is 17.7. The summed E-state index contributed by atoms with van der Waals surface area (Å²) < 4.78 is 0. The summed E-state index contributed by atoms with van der Waals surface area (Å²) in [5, 5.41) is 8.77. The molecule has 8 heteroatoms. The van der Waals surface area contributed by atoms with Gasteiger partial charge in [0.25, 0.3) is 11.8 Å². The van der Waals surface area contributed by atoms with E-state index in [-0.39, 0.29) is 11.8 Å². The molecule has 1 spiro atoms. The van der Waals surface area contributed by atoms with Crippen LogP contribution in [0.3, 0.4) is 0 Å². The molecular weight excluding hydrogens is 364 g/mol. The fourth-order valence-electron chi connectivity index (χ4n) is 3.43. The lowest BCUT2D eigenvalue weighted by Crippen LogP contribution is -2.37. The number of hydrogen-bond donors (Lipinski definition) is 1. The highest BCUT2D eigenvalue weighted by Crippen LogP contribution is 2.35. The van der Waals surface area contributed by atoms with Gasteiger partial charge in [-0.25, -0.2) is 0 Å². The molecule has 7 nitrogen and oxygen atoms in total. The first-order valence-electron chi connectivity index (χ1n) is 8.79. The number of nitrogens with one attached hydrogen (secondary N) is 1. The molecule has 0 bridgehead atoms. The molecule has 2 aliphatic rings. The molecule has 2 aliphatic heterocycles. The van der Waals surface area contributed by atoms with E-state index >= 15 is 0 Å². The Morgan fingerprint density at radius 3 is 2.93 bits per heavy atom. The first-order valence-corrected chi connectivity index (χ1v) is 9.67. The van der Waals surface area contributed by atoms with Crippen molar-refractivity contribution in [1.29, 1.82) is 0 Å². The second kappa shape index (κ2) is 6.77. The third kappa shape index (κ3) is 3.32. The number of pyridine rings is 1. The Morgan fingerprint density at radius 1 is 1.33 bits per heavy atom. The molecule has 4 rings (SSSR count). The third-order valence-electron chi connectivity index (χ3n) is 5.02. The minimum absolute atomic E-state index is 0.0202. The summed E-state index contributed by atoms with van der Waals surface area (Å²) in [5.74, 6) is -0.270. The molecule has 0 unspecified atom stereocenters. The smallest absolute Gasteiger partial charge is 0.273 e. The Labute approximate surface area is 161 Å². The van der Waals surface area contributed by atoms with Crippen LogP contribution in [-0.2, 0) is 9.63 Å². The summed E-state index contributed by atoms with van der Waals surface area (Å²) in [6.45, 7) is 4.81. The molecule has 1 saturated heterocycles. The third-order valence-corrected chi connectivity index (χ3v) is 6.02. The minimum atomic E-state index is -0.600. The number of carbonyl (C=O) groups is 2. The van der Waals surface area contributed by atoms with Crippen LogP contribution in [0.4, 0.5) is 5.69 Å². The van der Waals surface area contributed by atoms with Crippen molar-refractivity contribution in [2.45, 2.75) is 32.3 Å². The average molecular weight is 384 g/mol. The number of rotatable bonds is 3. The summed E-state index contributed by atoms with van der Waals surface area (Å²) in [6.07, 6.45) is 2.73. The SMILES string of the molecule is Cc1ccsc1C(=O)N1CC[C@@]2(CC(C(=O)Nc3cccnc3C)=NO2)C1. The molecule has 27 heavy (non-hydrogen) atoms. The van der Waals surface area contributed by atoms with Crippen LogP contribution in [0.25, 0.3) is 0 Å². The zero-order valence-electron chi connectivity index (χ0n) is 15.2. The molecule has 0 radical (unpaired) electrons. The molecule has 0 aromatic carbocycles. The number of aryl methyl sites for hydroxylation is 2. The predicted octanol–water partition coefficient (Wildman–Crippen LogP) is 2.76. The van der Waals surface area contributed by atoms with Crippen molar-refractivity contribution < 1.29 is 14.4 Å². The van der Waals surface area contributed by atoms with Crippen LogP contribution >= 0.6 is 11.3 Å². The molecule has 140 valence electrons. The van der Waals surface area contributed by atoms with Gasteiger partial charge in [-0.2, -0.15) is 0 Å². The van der Waals surface area contributed by atoms with Crippen LogP contribution in [0.2, 0.25) is 0 Å². The van der Waals surface area contributed by atoms with Crippen LogP contribution < -0.4 is 5.32 Å². The van der Waals surface area contributed by atoms with E-state index < -0.39 is 5.60 Å². The van der Waals surface area contributed by atoms with Gasteiger partial charge in [0.1, 0.15) is 5.71 Å². The van der Waals surface area contributed by atoms with Crippen molar-refractivity contribution in [1.82, 2.24) is 9.88 Å².